The lowest BCUT2D eigenvalue weighted by molar-refractivity contribution is -0.124. The molecule has 0 radical (unpaired) electrons. The highest BCUT2D eigenvalue weighted by atomic mass is 16.3. The highest BCUT2D eigenvalue weighted by Crippen LogP contribution is 2.49. The summed E-state index contributed by atoms with van der Waals surface area (Å²) in [6, 6.07) is 1.42. The van der Waals surface area contributed by atoms with Gasteiger partial charge in [-0.2, -0.15) is 0 Å². The van der Waals surface area contributed by atoms with Gasteiger partial charge in [-0.05, 0) is 68.7 Å². The van der Waals surface area contributed by atoms with Gasteiger partial charge in [-0.15, -0.1) is 0 Å². The summed E-state index contributed by atoms with van der Waals surface area (Å²) >= 11 is 0. The lowest BCUT2D eigenvalue weighted by Gasteiger charge is -2.41. The first-order chi connectivity index (χ1) is 18.6. The number of benzene rings is 1. The Morgan fingerprint density at radius 1 is 0.975 bits per heavy atom. The first kappa shape index (κ1) is 29.4. The van der Waals surface area contributed by atoms with Crippen LogP contribution in [0.1, 0.15) is 97.9 Å². The molecule has 1 fully saturated rings. The largest absolute Gasteiger partial charge is 0.507 e. The Morgan fingerprint density at radius 3 is 2.25 bits per heavy atom. The number of carbonyl (C=O) groups excluding carboxylic acids is 5. The van der Waals surface area contributed by atoms with E-state index in [-0.39, 0.29) is 58.0 Å². The fourth-order valence-corrected chi connectivity index (χ4v) is 7.08. The Labute approximate surface area is 235 Å². The molecule has 5 atom stereocenters. The van der Waals surface area contributed by atoms with Gasteiger partial charge in [-0.25, -0.2) is 0 Å². The third-order valence-corrected chi connectivity index (χ3v) is 8.68. The molecule has 40 heavy (non-hydrogen) atoms. The third kappa shape index (κ3) is 4.69. The lowest BCUT2D eigenvalue weighted by atomic mass is 9.61. The van der Waals surface area contributed by atoms with Crippen LogP contribution in [-0.2, 0) is 9.59 Å². The van der Waals surface area contributed by atoms with Crippen LogP contribution in [0.5, 0.6) is 5.75 Å². The number of Topliss-reactive ketones (excluding diaryl/α,β-unsaturated/α-hetero) is 4. The number of rotatable bonds is 2. The van der Waals surface area contributed by atoms with Crippen LogP contribution in [0.25, 0.3) is 0 Å². The van der Waals surface area contributed by atoms with Crippen molar-refractivity contribution in [3.8, 4) is 5.75 Å². The zero-order valence-corrected chi connectivity index (χ0v) is 24.6. The van der Waals surface area contributed by atoms with Crippen LogP contribution < -0.4 is 5.32 Å². The second-order valence-corrected chi connectivity index (χ2v) is 12.4. The maximum atomic E-state index is 14.5. The average Bonchev–Trinajstić information content (AvgIpc) is 3.12. The summed E-state index contributed by atoms with van der Waals surface area (Å²) in [5.74, 6) is -4.57. The fraction of sp³-hybridized carbons (Fsp3) is 0.485. The van der Waals surface area contributed by atoms with Gasteiger partial charge in [0.25, 0.3) is 0 Å². The van der Waals surface area contributed by atoms with Crippen molar-refractivity contribution in [3.63, 3.8) is 0 Å². The van der Waals surface area contributed by atoms with Crippen LogP contribution in [0.2, 0.25) is 0 Å². The Kier molecular flexibility index (Phi) is 7.65. The van der Waals surface area contributed by atoms with Crippen molar-refractivity contribution in [2.45, 2.75) is 73.8 Å². The molecule has 1 aromatic carbocycles. The van der Waals surface area contributed by atoms with Gasteiger partial charge in [0.1, 0.15) is 11.3 Å². The average molecular weight is 546 g/mol. The summed E-state index contributed by atoms with van der Waals surface area (Å²) < 4.78 is 0. The number of ketones is 4. The summed E-state index contributed by atoms with van der Waals surface area (Å²) in [5, 5.41) is 13.9. The van der Waals surface area contributed by atoms with Crippen molar-refractivity contribution >= 4 is 29.0 Å². The smallest absolute Gasteiger partial charge is 0.224 e. The fourth-order valence-electron chi connectivity index (χ4n) is 7.08. The van der Waals surface area contributed by atoms with E-state index in [1.54, 1.807) is 33.8 Å². The summed E-state index contributed by atoms with van der Waals surface area (Å²) in [7, 11) is 0. The number of aryl methyl sites for hydroxylation is 1. The number of hydrogen-bond acceptors (Lipinski definition) is 6. The van der Waals surface area contributed by atoms with Gasteiger partial charge in [0.05, 0.1) is 5.56 Å². The highest BCUT2D eigenvalue weighted by molar-refractivity contribution is 6.26. The molecule has 1 saturated heterocycles. The number of phenolic OH excluding ortho intramolecular Hbond substituents is 1. The Morgan fingerprint density at radius 2 is 1.62 bits per heavy atom. The molecule has 4 bridgehead atoms. The Balaban J connectivity index is 2.08. The van der Waals surface area contributed by atoms with Gasteiger partial charge >= 0.3 is 0 Å². The first-order valence-corrected chi connectivity index (χ1v) is 14.0. The minimum Gasteiger partial charge on any atom is -0.507 e. The van der Waals surface area contributed by atoms with Crippen molar-refractivity contribution in [1.29, 1.82) is 0 Å². The molecule has 5 rings (SSSR count). The van der Waals surface area contributed by atoms with Crippen molar-refractivity contribution < 1.29 is 29.1 Å². The third-order valence-electron chi connectivity index (χ3n) is 8.68. The van der Waals surface area contributed by atoms with Crippen LogP contribution in [0.3, 0.4) is 0 Å². The maximum absolute atomic E-state index is 14.5. The molecule has 7 nitrogen and oxygen atoms in total. The van der Waals surface area contributed by atoms with Crippen LogP contribution in [0.4, 0.5) is 0 Å². The zero-order valence-electron chi connectivity index (χ0n) is 24.6. The van der Waals surface area contributed by atoms with Gasteiger partial charge in [-0.1, -0.05) is 51.5 Å². The maximum Gasteiger partial charge on any atom is 0.224 e. The number of phenols is 1. The molecule has 2 N–H and O–H groups in total. The molecule has 4 aliphatic rings. The van der Waals surface area contributed by atoms with Gasteiger partial charge in [0.2, 0.25) is 5.91 Å². The monoisotopic (exact) mass is 545 g/mol. The lowest BCUT2D eigenvalue weighted by Crippen LogP contribution is -2.59. The van der Waals surface area contributed by atoms with Crippen LogP contribution in [0.15, 0.2) is 41.0 Å². The zero-order chi connectivity index (χ0) is 29.8. The molecule has 1 aromatic rings. The number of nitrogens with one attached hydrogen (secondary N) is 1. The number of fused-ring (bicyclic) bond motifs is 7. The summed E-state index contributed by atoms with van der Waals surface area (Å²) in [6.45, 7) is 14.4. The normalized spacial score (nSPS) is 30.6. The summed E-state index contributed by atoms with van der Waals surface area (Å²) in [6.07, 6.45) is 5.52. The predicted octanol–water partition coefficient (Wildman–Crippen LogP) is 5.49. The topological polar surface area (TPSA) is 118 Å². The predicted molar refractivity (Wildman–Crippen MR) is 152 cm³/mol. The molecule has 0 unspecified atom stereocenters. The van der Waals surface area contributed by atoms with E-state index >= 15 is 0 Å². The minimum atomic E-state index is -1.62. The van der Waals surface area contributed by atoms with Crippen LogP contribution >= 0.6 is 0 Å². The van der Waals surface area contributed by atoms with E-state index in [2.05, 4.69) is 5.32 Å². The molecule has 3 aliphatic carbocycles. The van der Waals surface area contributed by atoms with Gasteiger partial charge in [-0.3, -0.25) is 24.0 Å². The van der Waals surface area contributed by atoms with Gasteiger partial charge < -0.3 is 10.4 Å². The molecular formula is C33H39NO6. The standard InChI is InChI=1S/C33H39NO6/c1-15(2)9-23-27-21(8)28(36)18(5)11-16(3)10-17(4)12-19(6)29(37)26-25-22(13-20(7)30(26)38)31(39)33(27,14-24(25)35)34-32(23)40/h10-13,15-16,21,23,27,38H,9,14H2,1-8H3,(H,34,40)/b17-10?,18-11+,19-12?/t16-,21-,23-,27-,33+/m1/s1. The number of carbonyl (C=O) groups is 5. The van der Waals surface area contributed by atoms with Crippen LogP contribution in [-0.4, -0.2) is 39.7 Å². The van der Waals surface area contributed by atoms with E-state index in [1.807, 2.05) is 39.8 Å². The van der Waals surface area contributed by atoms with E-state index in [0.29, 0.717) is 17.6 Å². The van der Waals surface area contributed by atoms with E-state index in [0.717, 1.165) is 5.57 Å². The van der Waals surface area contributed by atoms with E-state index < -0.39 is 40.6 Å². The number of hydrogen-bond donors (Lipinski definition) is 2. The van der Waals surface area contributed by atoms with Gasteiger partial charge in [0, 0.05) is 35.3 Å². The summed E-state index contributed by atoms with van der Waals surface area (Å²) in [5.41, 5.74) is -0.0620. The van der Waals surface area contributed by atoms with Crippen molar-refractivity contribution in [1.82, 2.24) is 5.32 Å². The molecule has 212 valence electrons. The molecule has 1 spiro atoms. The molecule has 1 amide bonds. The molecule has 7 heteroatoms. The number of allylic oxidation sites excluding steroid dienone is 6. The first-order valence-electron chi connectivity index (χ1n) is 14.0. The number of aromatic hydroxyl groups is 1. The second-order valence-electron chi connectivity index (χ2n) is 12.4. The van der Waals surface area contributed by atoms with Crippen molar-refractivity contribution in [3.05, 3.63) is 63.3 Å². The second kappa shape index (κ2) is 10.4. The molecule has 1 heterocycles. The highest BCUT2D eigenvalue weighted by Gasteiger charge is 2.63. The van der Waals surface area contributed by atoms with E-state index in [1.165, 1.54) is 6.07 Å². The molecule has 1 aliphatic heterocycles. The minimum absolute atomic E-state index is 0.00177. The van der Waals surface area contributed by atoms with Crippen LogP contribution in [0, 0.1) is 36.5 Å². The summed E-state index contributed by atoms with van der Waals surface area (Å²) in [4.78, 5) is 69.5. The SMILES string of the molecule is CC1=C[C@@H](C)/C=C(\C)C(=O)[C@H](C)[C@@H]2[C@@H](CC(C)C)C(=O)N[C@@]23CC(=O)c2c(cc(C)c(O)c2C(=O)C(C)=C1)C3=O. The molecular weight excluding hydrogens is 506 g/mol. The Bertz CT molecular complexity index is 1440. The molecule has 0 aromatic heterocycles. The van der Waals surface area contributed by atoms with Crippen molar-refractivity contribution in [2.24, 2.45) is 29.6 Å². The van der Waals surface area contributed by atoms with E-state index in [4.69, 9.17) is 0 Å². The van der Waals surface area contributed by atoms with Crippen molar-refractivity contribution in [2.75, 3.05) is 0 Å². The Hall–Kier alpha value is -3.61. The number of amides is 1. The molecule has 0 saturated carbocycles. The van der Waals surface area contributed by atoms with Gasteiger partial charge in [0.15, 0.2) is 23.1 Å². The quantitative estimate of drug-likeness (QED) is 0.507. The van der Waals surface area contributed by atoms with E-state index in [9.17, 15) is 29.1 Å².